The first kappa shape index (κ1) is 30.2. The zero-order chi connectivity index (χ0) is 28.7. The van der Waals surface area contributed by atoms with E-state index in [9.17, 15) is 4.79 Å². The van der Waals surface area contributed by atoms with Gasteiger partial charge >= 0.3 is 0 Å². The molecule has 9 heteroatoms. The average Bonchev–Trinajstić information content (AvgIpc) is 2.92. The maximum atomic E-state index is 15.2. The number of hydrogen-bond donors (Lipinski definition) is 1. The lowest BCUT2D eigenvalue weighted by Gasteiger charge is -2.33. The van der Waals surface area contributed by atoms with Crippen molar-refractivity contribution in [2.45, 2.75) is 53.5 Å². The van der Waals surface area contributed by atoms with Crippen LogP contribution in [0, 0.1) is 18.2 Å². The van der Waals surface area contributed by atoms with Crippen LogP contribution in [-0.2, 0) is 16.7 Å². The summed E-state index contributed by atoms with van der Waals surface area (Å²) in [5.41, 5.74) is 3.09. The molecule has 1 aliphatic heterocycles. The molecule has 1 N–H and O–H groups in total. The van der Waals surface area contributed by atoms with Gasteiger partial charge in [-0.2, -0.15) is 0 Å². The second-order valence-corrected chi connectivity index (χ2v) is 10.6. The molecular weight excluding hydrogens is 501 g/mol. The van der Waals surface area contributed by atoms with Gasteiger partial charge in [-0.05, 0) is 55.5 Å². The van der Waals surface area contributed by atoms with Crippen molar-refractivity contribution < 1.29 is 28.1 Å². The van der Waals surface area contributed by atoms with Gasteiger partial charge in [-0.15, -0.1) is 0 Å². The number of ether oxygens (including phenoxy) is 4. The van der Waals surface area contributed by atoms with E-state index < -0.39 is 5.82 Å². The van der Waals surface area contributed by atoms with Crippen LogP contribution in [0.5, 0.6) is 17.2 Å². The van der Waals surface area contributed by atoms with Crippen LogP contribution in [0.3, 0.4) is 0 Å². The lowest BCUT2D eigenvalue weighted by Crippen LogP contribution is -2.37. The van der Waals surface area contributed by atoms with Crippen molar-refractivity contribution in [2.24, 2.45) is 0 Å². The smallest absolute Gasteiger partial charge is 0.197 e. The van der Waals surface area contributed by atoms with E-state index in [2.05, 4.69) is 25.7 Å². The Hall–Kier alpha value is -3.33. The van der Waals surface area contributed by atoms with E-state index in [1.165, 1.54) is 0 Å². The molecule has 0 radical (unpaired) electrons. The number of carbonyl (C=O) groups is 1. The van der Waals surface area contributed by atoms with Crippen LogP contribution >= 0.6 is 0 Å². The number of rotatable bonds is 12. The maximum absolute atomic E-state index is 15.2. The number of ketones is 1. The lowest BCUT2D eigenvalue weighted by molar-refractivity contribution is 0.0962. The highest BCUT2D eigenvalue weighted by atomic mass is 19.1. The van der Waals surface area contributed by atoms with Crippen LogP contribution < -0.4 is 19.1 Å². The number of Topliss-reactive ketones (excluding diaryl/α,β-unsaturated/α-hetero) is 1. The van der Waals surface area contributed by atoms with E-state index in [1.807, 2.05) is 19.1 Å². The summed E-state index contributed by atoms with van der Waals surface area (Å²) in [7, 11) is 1.65. The van der Waals surface area contributed by atoms with E-state index in [-0.39, 0.29) is 30.0 Å². The molecule has 0 spiro atoms. The molecule has 0 aromatic heterocycles. The van der Waals surface area contributed by atoms with E-state index >= 15 is 4.39 Å². The molecule has 0 bridgehead atoms. The quantitative estimate of drug-likeness (QED) is 0.219. The molecule has 0 aliphatic carbocycles. The number of nitrogens with one attached hydrogen (secondary N) is 1. The SMILES string of the molecule is CCOc1cc(CN(C=N)CC(=O)c2cc(N3CCOCC3)c(OC)c(C(C)(C)C)c2)c(C)c(F)c1OCC. The summed E-state index contributed by atoms with van der Waals surface area (Å²) in [5.74, 6) is 0.522. The molecule has 2 aromatic carbocycles. The number of nitrogens with zero attached hydrogens (tertiary/aromatic N) is 2. The van der Waals surface area contributed by atoms with Gasteiger partial charge in [-0.25, -0.2) is 4.39 Å². The topological polar surface area (TPSA) is 84.3 Å². The van der Waals surface area contributed by atoms with Crippen LogP contribution in [0.1, 0.15) is 61.7 Å². The molecule has 8 nitrogen and oxygen atoms in total. The number of methoxy groups -OCH3 is 1. The van der Waals surface area contributed by atoms with E-state index in [1.54, 1.807) is 31.9 Å². The van der Waals surface area contributed by atoms with Crippen molar-refractivity contribution in [3.05, 3.63) is 46.3 Å². The van der Waals surface area contributed by atoms with Crippen molar-refractivity contribution in [3.63, 3.8) is 0 Å². The Labute approximate surface area is 231 Å². The van der Waals surface area contributed by atoms with Gasteiger partial charge in [0.25, 0.3) is 0 Å². The van der Waals surface area contributed by atoms with Crippen molar-refractivity contribution in [1.29, 1.82) is 5.41 Å². The molecule has 1 aliphatic rings. The first-order valence-electron chi connectivity index (χ1n) is 13.5. The number of halogens is 1. The minimum absolute atomic E-state index is 0.0415. The molecule has 0 unspecified atom stereocenters. The highest BCUT2D eigenvalue weighted by Crippen LogP contribution is 2.41. The Morgan fingerprint density at radius 3 is 2.36 bits per heavy atom. The number of morpholine rings is 1. The molecule has 1 saturated heterocycles. The fraction of sp³-hybridized carbons (Fsp3) is 0.533. The number of benzene rings is 2. The Bertz CT molecular complexity index is 1170. The van der Waals surface area contributed by atoms with Gasteiger partial charge in [0, 0.05) is 30.8 Å². The van der Waals surface area contributed by atoms with Gasteiger partial charge in [0.15, 0.2) is 23.1 Å². The van der Waals surface area contributed by atoms with Crippen molar-refractivity contribution in [2.75, 3.05) is 58.1 Å². The zero-order valence-corrected chi connectivity index (χ0v) is 24.3. The predicted octanol–water partition coefficient (Wildman–Crippen LogP) is 5.37. The van der Waals surface area contributed by atoms with E-state index in [4.69, 9.17) is 24.4 Å². The number of anilines is 1. The van der Waals surface area contributed by atoms with Crippen LogP contribution in [0.25, 0.3) is 0 Å². The Morgan fingerprint density at radius 2 is 1.79 bits per heavy atom. The summed E-state index contributed by atoms with van der Waals surface area (Å²) in [6, 6.07) is 5.50. The monoisotopic (exact) mass is 543 g/mol. The molecule has 0 atom stereocenters. The first-order chi connectivity index (χ1) is 18.5. The highest BCUT2D eigenvalue weighted by Gasteiger charge is 2.28. The minimum Gasteiger partial charge on any atom is -0.494 e. The van der Waals surface area contributed by atoms with Crippen molar-refractivity contribution in [3.8, 4) is 17.2 Å². The third-order valence-electron chi connectivity index (χ3n) is 6.79. The average molecular weight is 544 g/mol. The maximum Gasteiger partial charge on any atom is 0.197 e. The second-order valence-electron chi connectivity index (χ2n) is 10.6. The van der Waals surface area contributed by atoms with Crippen LogP contribution in [-0.4, -0.2) is 70.2 Å². The van der Waals surface area contributed by atoms with Gasteiger partial charge in [-0.1, -0.05) is 20.8 Å². The zero-order valence-electron chi connectivity index (χ0n) is 24.3. The predicted molar refractivity (Wildman–Crippen MR) is 152 cm³/mol. The Morgan fingerprint density at radius 1 is 1.13 bits per heavy atom. The molecule has 214 valence electrons. The van der Waals surface area contributed by atoms with Crippen LogP contribution in [0.2, 0.25) is 0 Å². The molecule has 2 aromatic rings. The highest BCUT2D eigenvalue weighted by molar-refractivity contribution is 6.00. The molecule has 1 heterocycles. The Balaban J connectivity index is 1.94. The third kappa shape index (κ3) is 7.01. The summed E-state index contributed by atoms with van der Waals surface area (Å²) in [6.45, 7) is 15.0. The third-order valence-corrected chi connectivity index (χ3v) is 6.79. The van der Waals surface area contributed by atoms with Gasteiger partial charge < -0.3 is 28.7 Å². The molecule has 3 rings (SSSR count). The standard InChI is InChI=1S/C30H42FN3O5/c1-8-38-26-16-22(20(3)27(31)29(26)39-9-2)17-33(19-32)18-25(35)21-14-23(30(4,5)6)28(36-7)24(15-21)34-10-12-37-13-11-34/h14-16,19,32H,8-13,17-18H2,1-7H3. The van der Waals surface area contributed by atoms with Crippen molar-refractivity contribution in [1.82, 2.24) is 4.90 Å². The molecule has 0 amide bonds. The normalized spacial score (nSPS) is 13.7. The van der Waals surface area contributed by atoms with Gasteiger partial charge in [0.2, 0.25) is 0 Å². The number of hydrogen-bond acceptors (Lipinski definition) is 7. The molecular formula is C30H42FN3O5. The molecule has 0 saturated carbocycles. The van der Waals surface area contributed by atoms with Crippen LogP contribution in [0.4, 0.5) is 10.1 Å². The number of carbonyl (C=O) groups excluding carboxylic acids is 1. The van der Waals surface area contributed by atoms with Crippen molar-refractivity contribution >= 4 is 17.8 Å². The summed E-state index contributed by atoms with van der Waals surface area (Å²) in [4.78, 5) is 17.4. The largest absolute Gasteiger partial charge is 0.494 e. The van der Waals surface area contributed by atoms with Gasteiger partial charge in [-0.3, -0.25) is 10.2 Å². The van der Waals surface area contributed by atoms with Crippen LogP contribution in [0.15, 0.2) is 18.2 Å². The van der Waals surface area contributed by atoms with Gasteiger partial charge in [0.05, 0.1) is 52.1 Å². The summed E-state index contributed by atoms with van der Waals surface area (Å²) < 4.78 is 37.7. The Kier molecular flexibility index (Phi) is 10.2. The fourth-order valence-electron chi connectivity index (χ4n) is 4.68. The lowest BCUT2D eigenvalue weighted by atomic mass is 9.84. The van der Waals surface area contributed by atoms with Gasteiger partial charge in [0.1, 0.15) is 5.75 Å². The second kappa shape index (κ2) is 13.2. The fourth-order valence-corrected chi connectivity index (χ4v) is 4.68. The molecule has 1 fully saturated rings. The summed E-state index contributed by atoms with van der Waals surface area (Å²) in [5, 5.41) is 8.00. The van der Waals surface area contributed by atoms with E-state index in [0.29, 0.717) is 62.0 Å². The first-order valence-corrected chi connectivity index (χ1v) is 13.5. The van der Waals surface area contributed by atoms with E-state index in [0.717, 1.165) is 23.3 Å². The molecule has 39 heavy (non-hydrogen) atoms. The summed E-state index contributed by atoms with van der Waals surface area (Å²) in [6.07, 6.45) is 1.11. The summed E-state index contributed by atoms with van der Waals surface area (Å²) >= 11 is 0. The minimum atomic E-state index is -0.491.